The Kier molecular flexibility index (Phi) is 9.03. The molecule has 2 heterocycles. The van der Waals surface area contributed by atoms with E-state index in [1.54, 1.807) is 28.6 Å². The zero-order valence-electron chi connectivity index (χ0n) is 23.8. The topological polar surface area (TPSA) is 61.9 Å². The second-order valence-electron chi connectivity index (χ2n) is 10.8. The molecule has 0 spiro atoms. The quantitative estimate of drug-likeness (QED) is 0.119. The van der Waals surface area contributed by atoms with Crippen molar-refractivity contribution >= 4 is 58.2 Å². The van der Waals surface area contributed by atoms with Crippen LogP contribution in [-0.4, -0.2) is 48.6 Å². The maximum atomic E-state index is 13.6. The average Bonchev–Trinajstić information content (AvgIpc) is 3.49. The van der Waals surface area contributed by atoms with Gasteiger partial charge >= 0.3 is 0 Å². The van der Waals surface area contributed by atoms with Crippen LogP contribution >= 0.6 is 23.7 Å². The van der Waals surface area contributed by atoms with Gasteiger partial charge in [-0.3, -0.25) is 9.59 Å². The van der Waals surface area contributed by atoms with Gasteiger partial charge in [0, 0.05) is 58.1 Å². The zero-order chi connectivity index (χ0) is 28.9. The first-order valence-corrected chi connectivity index (χ1v) is 16.3. The van der Waals surface area contributed by atoms with E-state index in [9.17, 15) is 9.59 Å². The second-order valence-corrected chi connectivity index (χ2v) is 13.1. The lowest BCUT2D eigenvalue weighted by Crippen LogP contribution is -2.37. The molecule has 0 bridgehead atoms. The number of amides is 2. The molecule has 2 amide bonds. The number of ether oxygens (including phenoxy) is 1. The predicted molar refractivity (Wildman–Crippen MR) is 174 cm³/mol. The molecule has 0 aliphatic carbocycles. The van der Waals surface area contributed by atoms with Crippen molar-refractivity contribution in [3.05, 3.63) is 90.0 Å². The molecule has 1 fully saturated rings. The van der Waals surface area contributed by atoms with Crippen molar-refractivity contribution in [3.8, 4) is 5.75 Å². The summed E-state index contributed by atoms with van der Waals surface area (Å²) in [6.45, 7) is 5.07. The van der Waals surface area contributed by atoms with Crippen LogP contribution in [0, 0.1) is 12.8 Å². The summed E-state index contributed by atoms with van der Waals surface area (Å²) in [5.41, 5.74) is 3.99. The minimum Gasteiger partial charge on any atom is -0.493 e. The summed E-state index contributed by atoms with van der Waals surface area (Å²) in [6, 6.07) is 26.6. The fourth-order valence-corrected chi connectivity index (χ4v) is 7.74. The number of carbonyl (C=O) groups is 2. The molecule has 216 valence electrons. The third kappa shape index (κ3) is 6.46. The molecule has 4 aromatic carbocycles. The summed E-state index contributed by atoms with van der Waals surface area (Å²) in [5, 5.41) is 5.19. The monoisotopic (exact) mass is 597 g/mol. The van der Waals surface area contributed by atoms with Crippen molar-refractivity contribution in [1.82, 2.24) is 4.31 Å². The Hall–Kier alpha value is -3.46. The van der Waals surface area contributed by atoms with Crippen LogP contribution in [0.4, 0.5) is 11.4 Å². The molecule has 1 atom stereocenters. The van der Waals surface area contributed by atoms with Crippen molar-refractivity contribution in [2.24, 2.45) is 5.92 Å². The summed E-state index contributed by atoms with van der Waals surface area (Å²) in [5.74, 6) is 1.73. The number of nitrogens with zero attached hydrogens (tertiary/aromatic N) is 2. The first-order valence-electron chi connectivity index (χ1n) is 14.5. The van der Waals surface area contributed by atoms with Crippen LogP contribution in [0.25, 0.3) is 10.8 Å². The van der Waals surface area contributed by atoms with E-state index in [0.29, 0.717) is 13.1 Å². The number of carbonyl (C=O) groups excluding carboxylic acids is 2. The largest absolute Gasteiger partial charge is 0.493 e. The SMILES string of the molecule is Cc1cccc2c(NC(=O)C3CCCN(Sc4ccc5c(c4)CCO5)C3)ccc(N(C=O)CCSc3ccccc3)c12. The zero-order valence-corrected chi connectivity index (χ0v) is 25.4. The van der Waals surface area contributed by atoms with E-state index < -0.39 is 0 Å². The van der Waals surface area contributed by atoms with Gasteiger partial charge in [0.05, 0.1) is 18.2 Å². The highest BCUT2D eigenvalue weighted by molar-refractivity contribution is 7.99. The molecule has 6 rings (SSSR count). The number of rotatable bonds is 10. The van der Waals surface area contributed by atoms with E-state index in [4.69, 9.17) is 4.74 Å². The maximum absolute atomic E-state index is 13.6. The third-order valence-corrected chi connectivity index (χ3v) is 9.96. The first kappa shape index (κ1) is 28.6. The molecular formula is C34H35N3O3S2. The van der Waals surface area contributed by atoms with Gasteiger partial charge < -0.3 is 15.0 Å². The molecule has 8 heteroatoms. The number of nitrogens with one attached hydrogen (secondary N) is 1. The first-order chi connectivity index (χ1) is 20.6. The number of piperidine rings is 1. The summed E-state index contributed by atoms with van der Waals surface area (Å²) >= 11 is 3.47. The normalized spacial score (nSPS) is 16.5. The van der Waals surface area contributed by atoms with Crippen molar-refractivity contribution in [1.29, 1.82) is 0 Å². The lowest BCUT2D eigenvalue weighted by Gasteiger charge is -2.31. The van der Waals surface area contributed by atoms with Gasteiger partial charge in [-0.25, -0.2) is 4.31 Å². The molecule has 4 aromatic rings. The van der Waals surface area contributed by atoms with Crippen LogP contribution in [-0.2, 0) is 16.0 Å². The van der Waals surface area contributed by atoms with Gasteiger partial charge in [-0.15, -0.1) is 11.8 Å². The molecule has 1 unspecified atom stereocenters. The Morgan fingerprint density at radius 2 is 1.95 bits per heavy atom. The summed E-state index contributed by atoms with van der Waals surface area (Å²) in [4.78, 5) is 29.9. The van der Waals surface area contributed by atoms with E-state index in [0.717, 1.165) is 78.0 Å². The van der Waals surface area contributed by atoms with Gasteiger partial charge in [0.15, 0.2) is 0 Å². The standard InChI is InChI=1S/C34H35N3O3S2/c1-24-7-5-11-29-30(13-14-31(33(24)29)36(23-38)18-20-41-27-9-3-2-4-10-27)35-34(39)26-8-6-17-37(22-26)42-28-12-15-32-25(21-28)16-19-40-32/h2-5,7,9-15,21,23,26H,6,8,16-20,22H2,1H3,(H,35,39). The van der Waals surface area contributed by atoms with Crippen molar-refractivity contribution < 1.29 is 14.3 Å². The number of aryl methyl sites for hydroxylation is 1. The Labute approximate surface area is 255 Å². The number of hydrogen-bond donors (Lipinski definition) is 1. The van der Waals surface area contributed by atoms with Crippen LogP contribution in [0.2, 0.25) is 0 Å². The fraction of sp³-hybridized carbons (Fsp3) is 0.294. The van der Waals surface area contributed by atoms with Gasteiger partial charge in [-0.1, -0.05) is 36.4 Å². The lowest BCUT2D eigenvalue weighted by molar-refractivity contribution is -0.120. The van der Waals surface area contributed by atoms with Gasteiger partial charge in [0.25, 0.3) is 0 Å². The van der Waals surface area contributed by atoms with E-state index in [-0.39, 0.29) is 11.8 Å². The molecular weight excluding hydrogens is 563 g/mol. The number of anilines is 2. The van der Waals surface area contributed by atoms with Gasteiger partial charge in [0.1, 0.15) is 5.75 Å². The van der Waals surface area contributed by atoms with E-state index >= 15 is 0 Å². The van der Waals surface area contributed by atoms with Crippen molar-refractivity contribution in [2.75, 3.05) is 42.2 Å². The second kappa shape index (κ2) is 13.2. The number of hydrogen-bond acceptors (Lipinski definition) is 6. The highest BCUT2D eigenvalue weighted by Gasteiger charge is 2.27. The molecule has 42 heavy (non-hydrogen) atoms. The van der Waals surface area contributed by atoms with Crippen molar-refractivity contribution in [2.45, 2.75) is 36.0 Å². The summed E-state index contributed by atoms with van der Waals surface area (Å²) in [6.07, 6.45) is 3.72. The molecule has 0 radical (unpaired) electrons. The van der Waals surface area contributed by atoms with Crippen molar-refractivity contribution in [3.63, 3.8) is 0 Å². The van der Waals surface area contributed by atoms with E-state index in [1.165, 1.54) is 15.4 Å². The highest BCUT2D eigenvalue weighted by atomic mass is 32.2. The Balaban J connectivity index is 1.15. The number of benzene rings is 4. The van der Waals surface area contributed by atoms with Crippen LogP contribution in [0.1, 0.15) is 24.0 Å². The smallest absolute Gasteiger partial charge is 0.228 e. The maximum Gasteiger partial charge on any atom is 0.228 e. The lowest BCUT2D eigenvalue weighted by atomic mass is 9.97. The minimum absolute atomic E-state index is 0.0460. The highest BCUT2D eigenvalue weighted by Crippen LogP contribution is 2.37. The predicted octanol–water partition coefficient (Wildman–Crippen LogP) is 7.20. The van der Waals surface area contributed by atoms with Crippen LogP contribution in [0.3, 0.4) is 0 Å². The van der Waals surface area contributed by atoms with Gasteiger partial charge in [-0.05, 0) is 85.3 Å². The Morgan fingerprint density at radius 1 is 1.07 bits per heavy atom. The molecule has 1 N–H and O–H groups in total. The number of thioether (sulfide) groups is 1. The summed E-state index contributed by atoms with van der Waals surface area (Å²) < 4.78 is 7.96. The van der Waals surface area contributed by atoms with Crippen LogP contribution in [0.5, 0.6) is 5.75 Å². The third-order valence-electron chi connectivity index (χ3n) is 7.92. The molecule has 6 nitrogen and oxygen atoms in total. The molecule has 0 aromatic heterocycles. The minimum atomic E-state index is -0.0926. The molecule has 1 saturated heterocycles. The molecule has 2 aliphatic heterocycles. The van der Waals surface area contributed by atoms with Crippen LogP contribution in [0.15, 0.2) is 88.7 Å². The molecule has 2 aliphatic rings. The Bertz CT molecular complexity index is 1580. The Morgan fingerprint density at radius 3 is 2.81 bits per heavy atom. The summed E-state index contributed by atoms with van der Waals surface area (Å²) in [7, 11) is 0. The van der Waals surface area contributed by atoms with Gasteiger partial charge in [0.2, 0.25) is 12.3 Å². The van der Waals surface area contributed by atoms with E-state index in [2.05, 4.69) is 52.9 Å². The number of fused-ring (bicyclic) bond motifs is 2. The van der Waals surface area contributed by atoms with Gasteiger partial charge in [-0.2, -0.15) is 0 Å². The van der Waals surface area contributed by atoms with E-state index in [1.807, 2.05) is 42.5 Å². The van der Waals surface area contributed by atoms with Crippen LogP contribution < -0.4 is 15.0 Å². The average molecular weight is 598 g/mol. The fourth-order valence-electron chi connectivity index (χ4n) is 5.77. The molecule has 0 saturated carbocycles.